The van der Waals surface area contributed by atoms with E-state index in [9.17, 15) is 10.1 Å². The SMILES string of the molecule is Cc1c(/C=C(\C#N)C(=O)c2ccccc2)c2ccccc2n1Cc1ccccc1Cl. The average molecular weight is 411 g/mol. The van der Waals surface area contributed by atoms with Crippen molar-refractivity contribution in [1.29, 1.82) is 5.26 Å². The van der Waals surface area contributed by atoms with E-state index < -0.39 is 0 Å². The first kappa shape index (κ1) is 19.7. The molecular formula is C26H19ClN2O. The summed E-state index contributed by atoms with van der Waals surface area (Å²) in [6.45, 7) is 2.61. The zero-order valence-electron chi connectivity index (χ0n) is 16.5. The first-order valence-electron chi connectivity index (χ1n) is 9.63. The minimum Gasteiger partial charge on any atom is -0.340 e. The lowest BCUT2D eigenvalue weighted by Gasteiger charge is -2.10. The molecule has 1 aromatic heterocycles. The standard InChI is InChI=1S/C26H19ClN2O/c1-18-23(15-21(16-28)26(30)19-9-3-2-4-10-19)22-12-6-8-14-25(22)29(18)17-20-11-5-7-13-24(20)27/h2-15H,17H2,1H3/b21-15+. The van der Waals surface area contributed by atoms with Crippen LogP contribution in [0.2, 0.25) is 5.02 Å². The molecule has 0 amide bonds. The molecule has 0 aliphatic carbocycles. The van der Waals surface area contributed by atoms with E-state index in [0.29, 0.717) is 17.1 Å². The minimum absolute atomic E-state index is 0.116. The Morgan fingerprint density at radius 1 is 1.00 bits per heavy atom. The fourth-order valence-corrected chi connectivity index (χ4v) is 3.87. The summed E-state index contributed by atoms with van der Waals surface area (Å²) in [4.78, 5) is 12.9. The monoisotopic (exact) mass is 410 g/mol. The Morgan fingerprint density at radius 2 is 1.67 bits per heavy atom. The van der Waals surface area contributed by atoms with Gasteiger partial charge in [-0.25, -0.2) is 0 Å². The van der Waals surface area contributed by atoms with Gasteiger partial charge in [-0.2, -0.15) is 5.26 Å². The summed E-state index contributed by atoms with van der Waals surface area (Å²) in [5, 5.41) is 11.4. The van der Waals surface area contributed by atoms with Gasteiger partial charge in [0.25, 0.3) is 0 Å². The van der Waals surface area contributed by atoms with Gasteiger partial charge in [0.05, 0.1) is 0 Å². The van der Waals surface area contributed by atoms with E-state index in [2.05, 4.69) is 10.6 Å². The molecule has 0 aliphatic rings. The molecule has 0 saturated carbocycles. The van der Waals surface area contributed by atoms with Gasteiger partial charge in [0.1, 0.15) is 11.6 Å². The number of nitrogens with zero attached hydrogens (tertiary/aromatic N) is 2. The van der Waals surface area contributed by atoms with Crippen LogP contribution in [0.4, 0.5) is 0 Å². The van der Waals surface area contributed by atoms with Gasteiger partial charge >= 0.3 is 0 Å². The number of hydrogen-bond donors (Lipinski definition) is 0. The maximum Gasteiger partial charge on any atom is 0.203 e. The van der Waals surface area contributed by atoms with Crippen LogP contribution in [0.15, 0.2) is 84.4 Å². The second kappa shape index (κ2) is 8.41. The molecule has 0 unspecified atom stereocenters. The Labute approximate surface area is 180 Å². The minimum atomic E-state index is -0.277. The summed E-state index contributed by atoms with van der Waals surface area (Å²) < 4.78 is 2.17. The number of para-hydroxylation sites is 1. The number of allylic oxidation sites excluding steroid dienone is 1. The molecule has 0 aliphatic heterocycles. The number of hydrogen-bond acceptors (Lipinski definition) is 2. The number of fused-ring (bicyclic) bond motifs is 1. The number of aromatic nitrogens is 1. The molecule has 0 spiro atoms. The van der Waals surface area contributed by atoms with Gasteiger partial charge in [0, 0.05) is 39.3 Å². The number of rotatable bonds is 5. The summed E-state index contributed by atoms with van der Waals surface area (Å²) in [5.74, 6) is -0.277. The number of halogens is 1. The number of benzene rings is 3. The van der Waals surface area contributed by atoms with Gasteiger partial charge in [-0.3, -0.25) is 4.79 Å². The normalized spacial score (nSPS) is 11.4. The van der Waals surface area contributed by atoms with Crippen LogP contribution in [-0.4, -0.2) is 10.4 Å². The van der Waals surface area contributed by atoms with E-state index in [1.807, 2.05) is 61.5 Å². The quantitative estimate of drug-likeness (QED) is 0.216. The number of ketones is 1. The average Bonchev–Trinajstić information content (AvgIpc) is 3.04. The third-order valence-electron chi connectivity index (χ3n) is 5.26. The van der Waals surface area contributed by atoms with Crippen molar-refractivity contribution in [1.82, 2.24) is 4.57 Å². The second-order valence-corrected chi connectivity index (χ2v) is 7.47. The highest BCUT2D eigenvalue weighted by Crippen LogP contribution is 2.30. The molecule has 0 N–H and O–H groups in total. The molecular weight excluding hydrogens is 392 g/mol. The van der Waals surface area contributed by atoms with Crippen molar-refractivity contribution in [2.75, 3.05) is 0 Å². The predicted molar refractivity (Wildman–Crippen MR) is 122 cm³/mol. The smallest absolute Gasteiger partial charge is 0.203 e. The fourth-order valence-electron chi connectivity index (χ4n) is 3.68. The molecule has 3 aromatic carbocycles. The largest absolute Gasteiger partial charge is 0.340 e. The fraction of sp³-hybridized carbons (Fsp3) is 0.0769. The molecule has 4 rings (SSSR count). The molecule has 30 heavy (non-hydrogen) atoms. The van der Waals surface area contributed by atoms with Crippen LogP contribution in [0.1, 0.15) is 27.2 Å². The van der Waals surface area contributed by atoms with E-state index in [0.717, 1.165) is 27.7 Å². The lowest BCUT2D eigenvalue weighted by Crippen LogP contribution is -2.03. The molecule has 3 nitrogen and oxygen atoms in total. The van der Waals surface area contributed by atoms with Crippen LogP contribution >= 0.6 is 11.6 Å². The van der Waals surface area contributed by atoms with Gasteiger partial charge in [-0.1, -0.05) is 78.3 Å². The highest BCUT2D eigenvalue weighted by Gasteiger charge is 2.17. The highest BCUT2D eigenvalue weighted by molar-refractivity contribution is 6.31. The van der Waals surface area contributed by atoms with Crippen LogP contribution < -0.4 is 0 Å². The lowest BCUT2D eigenvalue weighted by molar-refractivity contribution is 0.104. The molecule has 1 heterocycles. The number of carbonyl (C=O) groups is 1. The van der Waals surface area contributed by atoms with Crippen molar-refractivity contribution in [3.05, 3.63) is 112 Å². The van der Waals surface area contributed by atoms with Crippen molar-refractivity contribution < 1.29 is 4.79 Å². The number of nitriles is 1. The summed E-state index contributed by atoms with van der Waals surface area (Å²) in [6.07, 6.45) is 1.70. The zero-order chi connectivity index (χ0) is 21.1. The van der Waals surface area contributed by atoms with Crippen LogP contribution in [0.5, 0.6) is 0 Å². The second-order valence-electron chi connectivity index (χ2n) is 7.06. The van der Waals surface area contributed by atoms with Crippen LogP contribution in [-0.2, 0) is 6.54 Å². The third-order valence-corrected chi connectivity index (χ3v) is 5.62. The van der Waals surface area contributed by atoms with E-state index >= 15 is 0 Å². The summed E-state index contributed by atoms with van der Waals surface area (Å²) in [7, 11) is 0. The molecule has 0 fully saturated rings. The first-order valence-corrected chi connectivity index (χ1v) is 10.0. The number of Topliss-reactive ketones (excluding diaryl/α,β-unsaturated/α-hetero) is 1. The van der Waals surface area contributed by atoms with Crippen molar-refractivity contribution in [2.24, 2.45) is 0 Å². The Bertz CT molecular complexity index is 1310. The molecule has 0 radical (unpaired) electrons. The molecule has 0 saturated heterocycles. The van der Waals surface area contributed by atoms with Crippen molar-refractivity contribution in [2.45, 2.75) is 13.5 Å². The molecule has 4 heteroatoms. The maximum atomic E-state index is 12.9. The van der Waals surface area contributed by atoms with E-state index in [1.54, 1.807) is 30.3 Å². The van der Waals surface area contributed by atoms with Gasteiger partial charge < -0.3 is 4.57 Å². The van der Waals surface area contributed by atoms with E-state index in [1.165, 1.54) is 0 Å². The van der Waals surface area contributed by atoms with Gasteiger partial charge in [0.15, 0.2) is 0 Å². The van der Waals surface area contributed by atoms with Gasteiger partial charge in [0.2, 0.25) is 5.78 Å². The summed E-state index contributed by atoms with van der Waals surface area (Å²) in [6, 6.07) is 26.7. The Morgan fingerprint density at radius 3 is 2.40 bits per heavy atom. The Hall–Kier alpha value is -3.61. The Kier molecular flexibility index (Phi) is 5.52. The summed E-state index contributed by atoms with van der Waals surface area (Å²) >= 11 is 6.39. The third kappa shape index (κ3) is 3.66. The van der Waals surface area contributed by atoms with Crippen LogP contribution in [0.3, 0.4) is 0 Å². The van der Waals surface area contributed by atoms with E-state index in [4.69, 9.17) is 11.6 Å². The Balaban J connectivity index is 1.85. The van der Waals surface area contributed by atoms with Crippen molar-refractivity contribution in [3.63, 3.8) is 0 Å². The molecule has 0 atom stereocenters. The highest BCUT2D eigenvalue weighted by atomic mass is 35.5. The van der Waals surface area contributed by atoms with Crippen LogP contribution in [0, 0.1) is 18.3 Å². The predicted octanol–water partition coefficient (Wildman–Crippen LogP) is 6.44. The summed E-state index contributed by atoms with van der Waals surface area (Å²) in [5.41, 5.74) is 4.51. The molecule has 146 valence electrons. The van der Waals surface area contributed by atoms with E-state index in [-0.39, 0.29) is 11.4 Å². The molecule has 4 aromatic rings. The van der Waals surface area contributed by atoms with Gasteiger partial charge in [-0.15, -0.1) is 0 Å². The van der Waals surface area contributed by atoms with Crippen LogP contribution in [0.25, 0.3) is 17.0 Å². The maximum absolute atomic E-state index is 12.9. The van der Waals surface area contributed by atoms with Crippen molar-refractivity contribution in [3.8, 4) is 6.07 Å². The zero-order valence-corrected chi connectivity index (χ0v) is 17.2. The lowest BCUT2D eigenvalue weighted by atomic mass is 10.0. The van der Waals surface area contributed by atoms with Gasteiger partial charge in [-0.05, 0) is 30.7 Å². The first-order chi connectivity index (χ1) is 14.6. The molecule has 0 bridgehead atoms. The number of carbonyl (C=O) groups excluding carboxylic acids is 1. The van der Waals surface area contributed by atoms with Crippen molar-refractivity contribution >= 4 is 34.4 Å². The topological polar surface area (TPSA) is 45.8 Å².